The summed E-state index contributed by atoms with van der Waals surface area (Å²) in [7, 11) is 1.69. The van der Waals surface area contributed by atoms with Crippen LogP contribution in [0.5, 0.6) is 0 Å². The summed E-state index contributed by atoms with van der Waals surface area (Å²) < 4.78 is 0. The molecule has 104 valence electrons. The quantitative estimate of drug-likeness (QED) is 0.853. The highest BCUT2D eigenvalue weighted by molar-refractivity contribution is 5.75. The van der Waals surface area contributed by atoms with Crippen LogP contribution in [0.2, 0.25) is 0 Å². The zero-order valence-corrected chi connectivity index (χ0v) is 11.6. The number of hydrogen-bond donors (Lipinski definition) is 2. The van der Waals surface area contributed by atoms with Gasteiger partial charge in [0.2, 0.25) is 0 Å². The second-order valence-electron chi connectivity index (χ2n) is 4.66. The molecule has 0 aliphatic rings. The molecular formula is C14H20N2O3. The number of amides is 2. The summed E-state index contributed by atoms with van der Waals surface area (Å²) in [5.74, 6) is -0.919. The minimum atomic E-state index is -0.919. The molecule has 0 spiro atoms. The molecule has 0 unspecified atom stereocenters. The molecule has 2 amide bonds. The number of rotatable bonds is 5. The average molecular weight is 264 g/mol. The summed E-state index contributed by atoms with van der Waals surface area (Å²) >= 11 is 0. The Hall–Kier alpha value is -2.04. The Morgan fingerprint density at radius 3 is 2.63 bits per heavy atom. The number of carbonyl (C=O) groups is 2. The Balaban J connectivity index is 2.53. The SMILES string of the molecule is Cc1ccc(C)c(CN(C)C(=O)NCCC(=O)O)c1. The van der Waals surface area contributed by atoms with Crippen LogP contribution in [0.4, 0.5) is 4.79 Å². The molecule has 5 nitrogen and oxygen atoms in total. The van der Waals surface area contributed by atoms with Gasteiger partial charge in [-0.05, 0) is 25.0 Å². The van der Waals surface area contributed by atoms with Crippen LogP contribution in [0.3, 0.4) is 0 Å². The molecule has 0 radical (unpaired) electrons. The molecule has 0 fully saturated rings. The number of nitrogens with zero attached hydrogens (tertiary/aromatic N) is 1. The van der Waals surface area contributed by atoms with Crippen LogP contribution < -0.4 is 5.32 Å². The van der Waals surface area contributed by atoms with Crippen molar-refractivity contribution in [3.05, 3.63) is 34.9 Å². The number of carboxylic acid groups (broad SMARTS) is 1. The third-order valence-corrected chi connectivity index (χ3v) is 2.87. The van der Waals surface area contributed by atoms with E-state index in [2.05, 4.69) is 11.4 Å². The molecule has 0 saturated carbocycles. The first-order valence-corrected chi connectivity index (χ1v) is 6.17. The predicted octanol–water partition coefficient (Wildman–Crippen LogP) is 1.92. The minimum Gasteiger partial charge on any atom is -0.481 e. The highest BCUT2D eigenvalue weighted by Crippen LogP contribution is 2.12. The third kappa shape index (κ3) is 4.99. The van der Waals surface area contributed by atoms with E-state index >= 15 is 0 Å². The maximum Gasteiger partial charge on any atom is 0.317 e. The molecule has 0 saturated heterocycles. The first-order valence-electron chi connectivity index (χ1n) is 6.17. The molecule has 0 heterocycles. The van der Waals surface area contributed by atoms with Gasteiger partial charge in [0, 0.05) is 20.1 Å². The van der Waals surface area contributed by atoms with Crippen molar-refractivity contribution in [1.82, 2.24) is 10.2 Å². The summed E-state index contributed by atoms with van der Waals surface area (Å²) in [5, 5.41) is 11.1. The maximum absolute atomic E-state index is 11.7. The number of aryl methyl sites for hydroxylation is 2. The van der Waals surface area contributed by atoms with Crippen LogP contribution in [-0.2, 0) is 11.3 Å². The number of carbonyl (C=O) groups excluding carboxylic acids is 1. The Morgan fingerprint density at radius 1 is 1.32 bits per heavy atom. The first kappa shape index (κ1) is 15.0. The van der Waals surface area contributed by atoms with E-state index in [1.165, 1.54) is 0 Å². The summed E-state index contributed by atoms with van der Waals surface area (Å²) in [6.45, 7) is 4.67. The van der Waals surface area contributed by atoms with E-state index in [-0.39, 0.29) is 19.0 Å². The van der Waals surface area contributed by atoms with Gasteiger partial charge in [0.1, 0.15) is 0 Å². The van der Waals surface area contributed by atoms with Gasteiger partial charge in [0.05, 0.1) is 6.42 Å². The van der Waals surface area contributed by atoms with E-state index in [1.54, 1.807) is 11.9 Å². The lowest BCUT2D eigenvalue weighted by atomic mass is 10.1. The van der Waals surface area contributed by atoms with Crippen molar-refractivity contribution in [2.75, 3.05) is 13.6 Å². The Morgan fingerprint density at radius 2 is 2.00 bits per heavy atom. The lowest BCUT2D eigenvalue weighted by Gasteiger charge is -2.19. The fraction of sp³-hybridized carbons (Fsp3) is 0.429. The van der Waals surface area contributed by atoms with Crippen molar-refractivity contribution in [3.63, 3.8) is 0 Å². The van der Waals surface area contributed by atoms with Crippen LogP contribution in [0, 0.1) is 13.8 Å². The van der Waals surface area contributed by atoms with Crippen LogP contribution >= 0.6 is 0 Å². The molecule has 2 N–H and O–H groups in total. The van der Waals surface area contributed by atoms with E-state index < -0.39 is 5.97 Å². The summed E-state index contributed by atoms with van der Waals surface area (Å²) in [4.78, 5) is 23.7. The van der Waals surface area contributed by atoms with Gasteiger partial charge < -0.3 is 15.3 Å². The lowest BCUT2D eigenvalue weighted by molar-refractivity contribution is -0.136. The van der Waals surface area contributed by atoms with Gasteiger partial charge >= 0.3 is 12.0 Å². The van der Waals surface area contributed by atoms with E-state index in [4.69, 9.17) is 5.11 Å². The zero-order valence-electron chi connectivity index (χ0n) is 11.6. The molecule has 5 heteroatoms. The van der Waals surface area contributed by atoms with E-state index in [9.17, 15) is 9.59 Å². The van der Waals surface area contributed by atoms with Crippen LogP contribution in [-0.4, -0.2) is 35.6 Å². The first-order chi connectivity index (χ1) is 8.90. The van der Waals surface area contributed by atoms with Crippen molar-refractivity contribution in [3.8, 4) is 0 Å². The van der Waals surface area contributed by atoms with Gasteiger partial charge in [0.25, 0.3) is 0 Å². The number of nitrogens with one attached hydrogen (secondary N) is 1. The third-order valence-electron chi connectivity index (χ3n) is 2.87. The number of urea groups is 1. The standard InChI is InChI=1S/C14H20N2O3/c1-10-4-5-11(2)12(8-10)9-16(3)14(19)15-7-6-13(17)18/h4-5,8H,6-7,9H2,1-3H3,(H,15,19)(H,17,18). The van der Waals surface area contributed by atoms with Gasteiger partial charge in [0.15, 0.2) is 0 Å². The Kier molecular flexibility index (Phi) is 5.36. The van der Waals surface area contributed by atoms with Gasteiger partial charge in [-0.3, -0.25) is 4.79 Å². The molecule has 1 aromatic carbocycles. The number of aliphatic carboxylic acids is 1. The molecule has 0 atom stereocenters. The van der Waals surface area contributed by atoms with Gasteiger partial charge in [-0.1, -0.05) is 23.8 Å². The Labute approximate surface area is 113 Å². The van der Waals surface area contributed by atoms with Crippen LogP contribution in [0.1, 0.15) is 23.1 Å². The van der Waals surface area contributed by atoms with Gasteiger partial charge in [-0.15, -0.1) is 0 Å². The van der Waals surface area contributed by atoms with Crippen LogP contribution in [0.15, 0.2) is 18.2 Å². The number of benzene rings is 1. The normalized spacial score (nSPS) is 10.1. The molecule has 19 heavy (non-hydrogen) atoms. The predicted molar refractivity (Wildman–Crippen MR) is 73.0 cm³/mol. The Bertz CT molecular complexity index is 472. The monoisotopic (exact) mass is 264 g/mol. The second-order valence-corrected chi connectivity index (χ2v) is 4.66. The van der Waals surface area contributed by atoms with Crippen LogP contribution in [0.25, 0.3) is 0 Å². The second kappa shape index (κ2) is 6.78. The minimum absolute atomic E-state index is 0.0664. The fourth-order valence-electron chi connectivity index (χ4n) is 1.71. The van der Waals surface area contributed by atoms with E-state index in [0.29, 0.717) is 6.54 Å². The highest BCUT2D eigenvalue weighted by Gasteiger charge is 2.10. The summed E-state index contributed by atoms with van der Waals surface area (Å²) in [6.07, 6.45) is -0.0664. The smallest absolute Gasteiger partial charge is 0.317 e. The lowest BCUT2D eigenvalue weighted by Crippen LogP contribution is -2.37. The molecule has 0 bridgehead atoms. The zero-order chi connectivity index (χ0) is 14.4. The van der Waals surface area contributed by atoms with Gasteiger partial charge in [-0.25, -0.2) is 4.79 Å². The van der Waals surface area contributed by atoms with Crippen molar-refractivity contribution in [1.29, 1.82) is 0 Å². The molecule has 1 rings (SSSR count). The van der Waals surface area contributed by atoms with Crippen molar-refractivity contribution in [2.45, 2.75) is 26.8 Å². The molecule has 0 aromatic heterocycles. The number of carboxylic acids is 1. The largest absolute Gasteiger partial charge is 0.481 e. The summed E-state index contributed by atoms with van der Waals surface area (Å²) in [5.41, 5.74) is 3.38. The highest BCUT2D eigenvalue weighted by atomic mass is 16.4. The maximum atomic E-state index is 11.7. The molecule has 0 aliphatic heterocycles. The van der Waals surface area contributed by atoms with Gasteiger partial charge in [-0.2, -0.15) is 0 Å². The van der Waals surface area contributed by atoms with Crippen molar-refractivity contribution in [2.24, 2.45) is 0 Å². The van der Waals surface area contributed by atoms with Crippen molar-refractivity contribution < 1.29 is 14.7 Å². The average Bonchev–Trinajstić information content (AvgIpc) is 2.33. The molecule has 0 aliphatic carbocycles. The molecular weight excluding hydrogens is 244 g/mol. The molecule has 1 aromatic rings. The topological polar surface area (TPSA) is 69.6 Å². The van der Waals surface area contributed by atoms with E-state index in [1.807, 2.05) is 26.0 Å². The van der Waals surface area contributed by atoms with Crippen molar-refractivity contribution >= 4 is 12.0 Å². The summed E-state index contributed by atoms with van der Waals surface area (Å²) in [6, 6.07) is 5.85. The fourth-order valence-corrected chi connectivity index (χ4v) is 1.71. The number of hydrogen-bond acceptors (Lipinski definition) is 2. The van der Waals surface area contributed by atoms with E-state index in [0.717, 1.165) is 16.7 Å².